The van der Waals surface area contributed by atoms with E-state index in [2.05, 4.69) is 0 Å². The van der Waals surface area contributed by atoms with Gasteiger partial charge >= 0.3 is 0 Å². The summed E-state index contributed by atoms with van der Waals surface area (Å²) in [6.07, 6.45) is 0. The summed E-state index contributed by atoms with van der Waals surface area (Å²) in [5.74, 6) is -0.0734. The van der Waals surface area contributed by atoms with Crippen molar-refractivity contribution in [3.8, 4) is 0 Å². The molecule has 0 fully saturated rings. The van der Waals surface area contributed by atoms with Gasteiger partial charge in [-0.25, -0.2) is 0 Å². The van der Waals surface area contributed by atoms with Crippen molar-refractivity contribution in [2.45, 2.75) is 12.8 Å². The van der Waals surface area contributed by atoms with E-state index in [4.69, 9.17) is 0 Å². The molecule has 0 bridgehead atoms. The van der Waals surface area contributed by atoms with E-state index in [0.717, 1.165) is 11.1 Å². The lowest BCUT2D eigenvalue weighted by Crippen LogP contribution is -1.98. The minimum absolute atomic E-state index is 0.0278. The van der Waals surface area contributed by atoms with Crippen molar-refractivity contribution < 1.29 is 9.85 Å². The Hall–Kier alpha value is -2.76. The molecule has 0 N–H and O–H groups in total. The first-order valence-corrected chi connectivity index (χ1v) is 5.97. The highest BCUT2D eigenvalue weighted by molar-refractivity contribution is 5.42. The van der Waals surface area contributed by atoms with Crippen LogP contribution in [-0.4, -0.2) is 9.85 Å². The van der Waals surface area contributed by atoms with E-state index in [1.54, 1.807) is 24.3 Å². The summed E-state index contributed by atoms with van der Waals surface area (Å²) in [6.45, 7) is 1.90. The van der Waals surface area contributed by atoms with Gasteiger partial charge in [0.15, 0.2) is 0 Å². The maximum Gasteiger partial charge on any atom is 0.269 e. The van der Waals surface area contributed by atoms with Crippen LogP contribution in [0.3, 0.4) is 0 Å². The van der Waals surface area contributed by atoms with Gasteiger partial charge in [-0.05, 0) is 11.1 Å². The third-order valence-corrected chi connectivity index (χ3v) is 3.18. The molecule has 0 radical (unpaired) electrons. The molecule has 2 rings (SSSR count). The number of nitro groups is 2. The molecule has 0 saturated heterocycles. The monoisotopic (exact) mass is 272 g/mol. The highest BCUT2D eigenvalue weighted by atomic mass is 16.6. The Labute approximate surface area is 115 Å². The van der Waals surface area contributed by atoms with Crippen molar-refractivity contribution in [3.63, 3.8) is 0 Å². The van der Waals surface area contributed by atoms with E-state index in [1.165, 1.54) is 24.3 Å². The standard InChI is InChI=1S/C14H12N2O4/c1-10(11-5-7-13(8-6-11)15(17)18)12-3-2-4-14(9-12)16(19)20/h2-10H,1H3. The number of nitro benzene ring substituents is 2. The zero-order chi connectivity index (χ0) is 14.7. The van der Waals surface area contributed by atoms with Crippen LogP contribution in [0.25, 0.3) is 0 Å². The van der Waals surface area contributed by atoms with E-state index >= 15 is 0 Å². The van der Waals surface area contributed by atoms with Gasteiger partial charge in [0.25, 0.3) is 11.4 Å². The molecule has 0 aliphatic carbocycles. The van der Waals surface area contributed by atoms with E-state index in [9.17, 15) is 20.2 Å². The number of nitrogens with zero attached hydrogens (tertiary/aromatic N) is 2. The second-order valence-corrected chi connectivity index (χ2v) is 4.42. The Morgan fingerprint density at radius 2 is 1.45 bits per heavy atom. The number of hydrogen-bond donors (Lipinski definition) is 0. The molecular formula is C14H12N2O4. The quantitative estimate of drug-likeness (QED) is 0.627. The molecule has 2 aromatic rings. The Bertz CT molecular complexity index is 652. The lowest BCUT2D eigenvalue weighted by Gasteiger charge is -2.11. The van der Waals surface area contributed by atoms with Crippen LogP contribution in [0.15, 0.2) is 48.5 Å². The first-order chi connectivity index (χ1) is 9.49. The predicted molar refractivity (Wildman–Crippen MR) is 73.7 cm³/mol. The van der Waals surface area contributed by atoms with Gasteiger partial charge in [0.1, 0.15) is 0 Å². The second kappa shape index (κ2) is 5.48. The van der Waals surface area contributed by atoms with E-state index < -0.39 is 9.85 Å². The Kier molecular flexibility index (Phi) is 3.74. The zero-order valence-corrected chi connectivity index (χ0v) is 10.7. The molecule has 6 nitrogen and oxygen atoms in total. The number of rotatable bonds is 4. The molecule has 0 aromatic heterocycles. The molecule has 6 heteroatoms. The molecule has 0 amide bonds. The van der Waals surface area contributed by atoms with Gasteiger partial charge in [-0.15, -0.1) is 0 Å². The molecule has 102 valence electrons. The van der Waals surface area contributed by atoms with Crippen LogP contribution >= 0.6 is 0 Å². The van der Waals surface area contributed by atoms with Crippen molar-refractivity contribution >= 4 is 11.4 Å². The minimum atomic E-state index is -0.457. The summed E-state index contributed by atoms with van der Waals surface area (Å²) < 4.78 is 0. The average Bonchev–Trinajstić information content (AvgIpc) is 2.46. The first-order valence-electron chi connectivity index (χ1n) is 5.97. The molecule has 0 aliphatic rings. The third-order valence-electron chi connectivity index (χ3n) is 3.18. The molecule has 0 aliphatic heterocycles. The van der Waals surface area contributed by atoms with Crippen LogP contribution in [0.1, 0.15) is 24.0 Å². The van der Waals surface area contributed by atoms with Gasteiger partial charge in [-0.3, -0.25) is 20.2 Å². The molecule has 1 atom stereocenters. The summed E-state index contributed by atoms with van der Waals surface area (Å²) >= 11 is 0. The minimum Gasteiger partial charge on any atom is -0.258 e. The van der Waals surface area contributed by atoms with Crippen LogP contribution in [-0.2, 0) is 0 Å². The smallest absolute Gasteiger partial charge is 0.258 e. The normalized spacial score (nSPS) is 11.8. The van der Waals surface area contributed by atoms with Gasteiger partial charge in [0.2, 0.25) is 0 Å². The molecular weight excluding hydrogens is 260 g/mol. The fourth-order valence-electron chi connectivity index (χ4n) is 1.98. The molecule has 20 heavy (non-hydrogen) atoms. The Balaban J connectivity index is 2.30. The topological polar surface area (TPSA) is 86.3 Å². The lowest BCUT2D eigenvalue weighted by molar-refractivity contribution is -0.385. The maximum absolute atomic E-state index is 10.8. The molecule has 0 spiro atoms. The van der Waals surface area contributed by atoms with E-state index in [0.29, 0.717) is 0 Å². The van der Waals surface area contributed by atoms with Crippen molar-refractivity contribution in [2.75, 3.05) is 0 Å². The van der Waals surface area contributed by atoms with Crippen molar-refractivity contribution in [3.05, 3.63) is 79.9 Å². The fourth-order valence-corrected chi connectivity index (χ4v) is 1.98. The van der Waals surface area contributed by atoms with Crippen molar-refractivity contribution in [1.82, 2.24) is 0 Å². The summed E-state index contributed by atoms with van der Waals surface area (Å²) in [5, 5.41) is 21.4. The van der Waals surface area contributed by atoms with Crippen LogP contribution in [0.4, 0.5) is 11.4 Å². The highest BCUT2D eigenvalue weighted by Crippen LogP contribution is 2.27. The Morgan fingerprint density at radius 3 is 2.00 bits per heavy atom. The average molecular weight is 272 g/mol. The zero-order valence-electron chi connectivity index (χ0n) is 10.7. The fraction of sp³-hybridized carbons (Fsp3) is 0.143. The number of hydrogen-bond acceptors (Lipinski definition) is 4. The number of non-ortho nitro benzene ring substituents is 2. The Morgan fingerprint density at radius 1 is 0.850 bits per heavy atom. The van der Waals surface area contributed by atoms with E-state index in [-0.39, 0.29) is 17.3 Å². The predicted octanol–water partition coefficient (Wildman–Crippen LogP) is 3.65. The third kappa shape index (κ3) is 2.80. The maximum atomic E-state index is 10.8. The SMILES string of the molecule is CC(c1ccc([N+](=O)[O-])cc1)c1cccc([N+](=O)[O-])c1. The van der Waals surface area contributed by atoms with Gasteiger partial charge in [0.05, 0.1) is 9.85 Å². The summed E-state index contributed by atoms with van der Waals surface area (Å²) in [5.41, 5.74) is 1.74. The first kappa shape index (κ1) is 13.7. The summed E-state index contributed by atoms with van der Waals surface area (Å²) in [6, 6.07) is 12.6. The largest absolute Gasteiger partial charge is 0.269 e. The highest BCUT2D eigenvalue weighted by Gasteiger charge is 2.14. The molecule has 2 aromatic carbocycles. The molecule has 0 saturated carbocycles. The van der Waals surface area contributed by atoms with Crippen LogP contribution in [0.5, 0.6) is 0 Å². The van der Waals surface area contributed by atoms with Gasteiger partial charge in [-0.1, -0.05) is 31.2 Å². The molecule has 0 heterocycles. The van der Waals surface area contributed by atoms with Crippen molar-refractivity contribution in [1.29, 1.82) is 0 Å². The van der Waals surface area contributed by atoms with Crippen LogP contribution in [0.2, 0.25) is 0 Å². The second-order valence-electron chi connectivity index (χ2n) is 4.42. The number of benzene rings is 2. The van der Waals surface area contributed by atoms with Crippen LogP contribution < -0.4 is 0 Å². The van der Waals surface area contributed by atoms with E-state index in [1.807, 2.05) is 6.92 Å². The van der Waals surface area contributed by atoms with Crippen LogP contribution in [0, 0.1) is 20.2 Å². The van der Waals surface area contributed by atoms with Gasteiger partial charge < -0.3 is 0 Å². The lowest BCUT2D eigenvalue weighted by atomic mass is 9.93. The summed E-state index contributed by atoms with van der Waals surface area (Å²) in [7, 11) is 0. The summed E-state index contributed by atoms with van der Waals surface area (Å²) in [4.78, 5) is 20.5. The molecule has 1 unspecified atom stereocenters. The van der Waals surface area contributed by atoms with Gasteiger partial charge in [0, 0.05) is 30.2 Å². The van der Waals surface area contributed by atoms with Gasteiger partial charge in [-0.2, -0.15) is 0 Å². The van der Waals surface area contributed by atoms with Crippen molar-refractivity contribution in [2.24, 2.45) is 0 Å².